The number of carbonyl (C=O) groups excluding carboxylic acids is 1. The fourth-order valence-electron chi connectivity index (χ4n) is 4.29. The van der Waals surface area contributed by atoms with Crippen LogP contribution in [0.4, 0.5) is 5.69 Å². The number of rotatable bonds is 8. The van der Waals surface area contributed by atoms with Crippen molar-refractivity contribution in [2.75, 3.05) is 31.6 Å². The predicted molar refractivity (Wildman–Crippen MR) is 138 cm³/mol. The largest absolute Gasteiger partial charge is 0.351 e. The maximum atomic E-state index is 12.5. The molecule has 4 rings (SSSR count). The van der Waals surface area contributed by atoms with Crippen molar-refractivity contribution >= 4 is 11.6 Å². The molecule has 8 nitrogen and oxygen atoms in total. The molecule has 1 amide bonds. The minimum atomic E-state index is 0.0143. The fraction of sp³-hybridized carbons (Fsp3) is 0.423. The van der Waals surface area contributed by atoms with Crippen LogP contribution in [0.3, 0.4) is 0 Å². The Morgan fingerprint density at radius 2 is 2.03 bits per heavy atom. The summed E-state index contributed by atoms with van der Waals surface area (Å²) in [7, 11) is 0. The molecule has 0 bridgehead atoms. The Labute approximate surface area is 202 Å². The van der Waals surface area contributed by atoms with Gasteiger partial charge in [-0.1, -0.05) is 44.7 Å². The van der Waals surface area contributed by atoms with Crippen molar-refractivity contribution in [2.45, 2.75) is 39.2 Å². The Bertz CT molecular complexity index is 971. The second kappa shape index (κ2) is 12.9. The van der Waals surface area contributed by atoms with Crippen LogP contribution in [0.1, 0.15) is 44.7 Å². The first-order valence-electron chi connectivity index (χ1n) is 12.0. The highest BCUT2D eigenvalue weighted by Crippen LogP contribution is 2.36. The summed E-state index contributed by atoms with van der Waals surface area (Å²) in [6.07, 6.45) is 10.7. The normalized spacial score (nSPS) is 18.6. The van der Waals surface area contributed by atoms with Gasteiger partial charge < -0.3 is 15.6 Å². The van der Waals surface area contributed by atoms with Gasteiger partial charge in [0.05, 0.1) is 11.7 Å². The number of carbonyl (C=O) groups is 1. The standard InChI is InChI=1S/C22H31N7O.C4H6/c1-15(12-16(2)22(30)23-8-11-29-9-4-3-5-10-29)20-18-13-17(21-24-14-25-28-21)6-7-19(18)26-27-20;1-3-4-2/h6-7,12-15,20,26-27H,3-5,8-11H2,1-2H3,(H,23,30)(H,24,25,28);3-4H,1-2H2/b16-12+;. The van der Waals surface area contributed by atoms with Gasteiger partial charge in [0.2, 0.25) is 5.91 Å². The molecule has 2 aliphatic heterocycles. The zero-order valence-corrected chi connectivity index (χ0v) is 20.3. The number of hydrazine groups is 1. The molecule has 1 aromatic carbocycles. The summed E-state index contributed by atoms with van der Waals surface area (Å²) >= 11 is 0. The SMILES string of the molecule is C/C(=C\C(C)C1NNc2ccc(-c3ncn[nH]3)cc21)C(=O)NCCN1CCCCC1.C=CC=C. The molecule has 0 radical (unpaired) electrons. The van der Waals surface area contributed by atoms with E-state index in [1.165, 1.54) is 25.6 Å². The maximum absolute atomic E-state index is 12.5. The molecule has 34 heavy (non-hydrogen) atoms. The molecular weight excluding hydrogens is 426 g/mol. The molecule has 1 aromatic heterocycles. The van der Waals surface area contributed by atoms with Crippen molar-refractivity contribution in [3.05, 3.63) is 67.0 Å². The molecule has 2 atom stereocenters. The number of fused-ring (bicyclic) bond motifs is 1. The van der Waals surface area contributed by atoms with Crippen LogP contribution in [-0.4, -0.2) is 52.2 Å². The predicted octanol–water partition coefficient (Wildman–Crippen LogP) is 3.99. The summed E-state index contributed by atoms with van der Waals surface area (Å²) in [5.74, 6) is 0.896. The van der Waals surface area contributed by atoms with Gasteiger partial charge in [-0.05, 0) is 62.5 Å². The second-order valence-electron chi connectivity index (χ2n) is 8.72. The maximum Gasteiger partial charge on any atom is 0.246 e. The van der Waals surface area contributed by atoms with Gasteiger partial charge in [0.15, 0.2) is 5.82 Å². The summed E-state index contributed by atoms with van der Waals surface area (Å²) < 4.78 is 0. The minimum absolute atomic E-state index is 0.0143. The first kappa shape index (κ1) is 25.4. The van der Waals surface area contributed by atoms with Crippen LogP contribution in [0.25, 0.3) is 11.4 Å². The zero-order chi connectivity index (χ0) is 24.3. The Morgan fingerprint density at radius 1 is 1.26 bits per heavy atom. The molecule has 2 unspecified atom stereocenters. The summed E-state index contributed by atoms with van der Waals surface area (Å²) in [5.41, 5.74) is 10.5. The number of amides is 1. The number of aromatic nitrogens is 3. The average molecular weight is 464 g/mol. The number of nitrogens with one attached hydrogen (secondary N) is 4. The molecule has 8 heteroatoms. The van der Waals surface area contributed by atoms with Gasteiger partial charge in [-0.15, -0.1) is 0 Å². The van der Waals surface area contributed by atoms with E-state index in [-0.39, 0.29) is 17.9 Å². The number of H-pyrrole nitrogens is 1. The third-order valence-corrected chi connectivity index (χ3v) is 6.16. The highest BCUT2D eigenvalue weighted by molar-refractivity contribution is 5.92. The Kier molecular flexibility index (Phi) is 9.61. The molecule has 3 heterocycles. The second-order valence-corrected chi connectivity index (χ2v) is 8.72. The molecule has 182 valence electrons. The van der Waals surface area contributed by atoms with E-state index in [1.54, 1.807) is 12.2 Å². The van der Waals surface area contributed by atoms with E-state index in [0.29, 0.717) is 6.54 Å². The molecule has 2 aliphatic rings. The minimum Gasteiger partial charge on any atom is -0.351 e. The smallest absolute Gasteiger partial charge is 0.246 e. The van der Waals surface area contributed by atoms with Crippen LogP contribution >= 0.6 is 0 Å². The molecule has 4 N–H and O–H groups in total. The van der Waals surface area contributed by atoms with Crippen molar-refractivity contribution in [2.24, 2.45) is 5.92 Å². The molecule has 1 saturated heterocycles. The number of benzene rings is 1. The van der Waals surface area contributed by atoms with E-state index < -0.39 is 0 Å². The van der Waals surface area contributed by atoms with Crippen LogP contribution in [0, 0.1) is 5.92 Å². The van der Waals surface area contributed by atoms with Gasteiger partial charge in [-0.2, -0.15) is 5.10 Å². The zero-order valence-electron chi connectivity index (χ0n) is 20.3. The van der Waals surface area contributed by atoms with E-state index in [1.807, 2.05) is 25.1 Å². The van der Waals surface area contributed by atoms with Crippen molar-refractivity contribution < 1.29 is 4.79 Å². The Morgan fingerprint density at radius 3 is 2.71 bits per heavy atom. The number of likely N-dealkylation sites (tertiary alicyclic amines) is 1. The third kappa shape index (κ3) is 6.88. The third-order valence-electron chi connectivity index (χ3n) is 6.16. The van der Waals surface area contributed by atoms with Gasteiger partial charge >= 0.3 is 0 Å². The number of hydrogen-bond acceptors (Lipinski definition) is 6. The van der Waals surface area contributed by atoms with Crippen LogP contribution in [0.5, 0.6) is 0 Å². The van der Waals surface area contributed by atoms with Crippen molar-refractivity contribution in [1.82, 2.24) is 30.8 Å². The van der Waals surface area contributed by atoms with Gasteiger partial charge in [0.1, 0.15) is 6.33 Å². The van der Waals surface area contributed by atoms with Crippen LogP contribution in [0.15, 0.2) is 61.5 Å². The molecule has 0 saturated carbocycles. The average Bonchev–Trinajstić information content (AvgIpc) is 3.54. The molecule has 1 fully saturated rings. The number of piperidine rings is 1. The number of anilines is 1. The number of allylic oxidation sites excluding steroid dienone is 2. The summed E-state index contributed by atoms with van der Waals surface area (Å²) in [4.78, 5) is 19.2. The molecule has 2 aromatic rings. The first-order chi connectivity index (χ1) is 16.5. The van der Waals surface area contributed by atoms with Crippen LogP contribution in [-0.2, 0) is 4.79 Å². The lowest BCUT2D eigenvalue weighted by Crippen LogP contribution is -2.38. The van der Waals surface area contributed by atoms with Crippen molar-refractivity contribution in [1.29, 1.82) is 0 Å². The van der Waals surface area contributed by atoms with Gasteiger partial charge in [-0.3, -0.25) is 9.89 Å². The van der Waals surface area contributed by atoms with E-state index in [4.69, 9.17) is 0 Å². The van der Waals surface area contributed by atoms with Crippen molar-refractivity contribution in [3.8, 4) is 11.4 Å². The van der Waals surface area contributed by atoms with E-state index in [9.17, 15) is 4.79 Å². The molecule has 0 aliphatic carbocycles. The van der Waals surface area contributed by atoms with Gasteiger partial charge in [0, 0.05) is 24.2 Å². The topological polar surface area (TPSA) is 98.0 Å². The number of hydrogen-bond donors (Lipinski definition) is 4. The summed E-state index contributed by atoms with van der Waals surface area (Å²) in [6, 6.07) is 6.24. The lowest BCUT2D eigenvalue weighted by atomic mass is 9.92. The quantitative estimate of drug-likeness (QED) is 0.349. The summed E-state index contributed by atoms with van der Waals surface area (Å²) in [6.45, 7) is 14.7. The van der Waals surface area contributed by atoms with Gasteiger partial charge in [-0.25, -0.2) is 10.4 Å². The lowest BCUT2D eigenvalue weighted by molar-refractivity contribution is -0.117. The lowest BCUT2D eigenvalue weighted by Gasteiger charge is -2.26. The fourth-order valence-corrected chi connectivity index (χ4v) is 4.29. The number of nitrogens with zero attached hydrogens (tertiary/aromatic N) is 3. The van der Waals surface area contributed by atoms with Gasteiger partial charge in [0.25, 0.3) is 0 Å². The molecular formula is C26H37N7O. The Hall–Kier alpha value is -3.23. The summed E-state index contributed by atoms with van der Waals surface area (Å²) in [5, 5.41) is 9.91. The van der Waals surface area contributed by atoms with E-state index in [2.05, 4.69) is 62.4 Å². The first-order valence-corrected chi connectivity index (χ1v) is 12.0. The van der Waals surface area contributed by atoms with Crippen LogP contribution < -0.4 is 16.2 Å². The Balaban J connectivity index is 0.000000751. The monoisotopic (exact) mass is 463 g/mol. The van der Waals surface area contributed by atoms with Crippen LogP contribution in [0.2, 0.25) is 0 Å². The molecule has 0 spiro atoms. The highest BCUT2D eigenvalue weighted by Gasteiger charge is 2.27. The highest BCUT2D eigenvalue weighted by atomic mass is 16.1. The number of aromatic amines is 1. The van der Waals surface area contributed by atoms with E-state index in [0.717, 1.165) is 47.8 Å². The van der Waals surface area contributed by atoms with Crippen molar-refractivity contribution in [3.63, 3.8) is 0 Å². The van der Waals surface area contributed by atoms with E-state index >= 15 is 0 Å².